The lowest BCUT2D eigenvalue weighted by atomic mass is 10.1. The van der Waals surface area contributed by atoms with Crippen molar-refractivity contribution in [1.82, 2.24) is 45.6 Å². The van der Waals surface area contributed by atoms with Crippen molar-refractivity contribution in [3.05, 3.63) is 119 Å². The van der Waals surface area contributed by atoms with Crippen LogP contribution in [0.3, 0.4) is 0 Å². The number of rotatable bonds is 19. The van der Waals surface area contributed by atoms with E-state index in [0.717, 1.165) is 34.6 Å². The summed E-state index contributed by atoms with van der Waals surface area (Å²) < 4.78 is 7.58. The van der Waals surface area contributed by atoms with Crippen molar-refractivity contribution in [2.45, 2.75) is 30.5 Å². The molecule has 2 aliphatic heterocycles. The number of nitrogens with zero attached hydrogens (tertiary/aromatic N) is 10. The summed E-state index contributed by atoms with van der Waals surface area (Å²) >= 11 is 4.45. The number of ether oxygens (including phenoxy) is 1. The SMILES string of the molecule is CCCSc1nc(NCCN)c2nnn(Cc3ccc(C#CC(=O)NCCOCCN4C=CSC4N/N=C4/C(=O)N(c5nc(-c6ccccc6)cs5)N=C4c4ccccc4)cc3)c2n1. The first-order valence-corrected chi connectivity index (χ1v) is 23.3. The predicted octanol–water partition coefficient (Wildman–Crippen LogP) is 4.95. The van der Waals surface area contributed by atoms with Crippen molar-refractivity contribution in [3.8, 4) is 23.1 Å². The van der Waals surface area contributed by atoms with Crippen molar-refractivity contribution in [1.29, 1.82) is 0 Å². The molecule has 0 radical (unpaired) electrons. The number of hydrogen-bond acceptors (Lipinski definition) is 17. The molecule has 5 heterocycles. The van der Waals surface area contributed by atoms with Gasteiger partial charge in [0.15, 0.2) is 33.3 Å². The molecule has 6 aromatic rings. The normalized spacial score (nSPS) is 15.2. The Hall–Kier alpha value is -6.63. The maximum atomic E-state index is 13.8. The number of aromatic nitrogens is 6. The molecule has 2 amide bonds. The molecule has 8 rings (SSSR count). The number of anilines is 2. The van der Waals surface area contributed by atoms with Crippen LogP contribution in [-0.4, -0.2) is 109 Å². The highest BCUT2D eigenvalue weighted by Gasteiger charge is 2.36. The van der Waals surface area contributed by atoms with E-state index < -0.39 is 5.91 Å². The van der Waals surface area contributed by atoms with Crippen LogP contribution in [0.15, 0.2) is 117 Å². The van der Waals surface area contributed by atoms with E-state index in [-0.39, 0.29) is 17.1 Å². The predicted molar refractivity (Wildman–Crippen MR) is 254 cm³/mol. The average Bonchev–Trinajstić information content (AvgIpc) is 4.15. The lowest BCUT2D eigenvalue weighted by molar-refractivity contribution is -0.116. The van der Waals surface area contributed by atoms with Gasteiger partial charge in [0.1, 0.15) is 5.71 Å². The lowest BCUT2D eigenvalue weighted by Gasteiger charge is -2.24. The number of nitrogens with two attached hydrogens (primary N) is 1. The second-order valence-corrected chi connectivity index (χ2v) is 17.0. The van der Waals surface area contributed by atoms with Gasteiger partial charge in [-0.2, -0.15) is 15.2 Å². The first-order chi connectivity index (χ1) is 31.5. The van der Waals surface area contributed by atoms with Gasteiger partial charge >= 0.3 is 5.91 Å². The molecular weight excluding hydrogens is 869 g/mol. The van der Waals surface area contributed by atoms with Crippen LogP contribution < -0.4 is 26.8 Å². The van der Waals surface area contributed by atoms with Crippen LogP contribution in [0.1, 0.15) is 30.0 Å². The number of nitrogens with one attached hydrogen (secondary N) is 3. The Morgan fingerprint density at radius 2 is 1.78 bits per heavy atom. The minimum atomic E-state index is -0.399. The zero-order chi connectivity index (χ0) is 44.1. The summed E-state index contributed by atoms with van der Waals surface area (Å²) in [5.41, 5.74) is 14.6. The zero-order valence-corrected chi connectivity index (χ0v) is 37.2. The van der Waals surface area contributed by atoms with Gasteiger partial charge in [0.25, 0.3) is 5.91 Å². The molecule has 0 saturated carbocycles. The minimum absolute atomic E-state index is 0.191. The monoisotopic (exact) mass is 912 g/mol. The number of carbonyl (C=O) groups excluding carboxylic acids is 2. The number of thiazole rings is 1. The van der Waals surface area contributed by atoms with E-state index >= 15 is 0 Å². The average molecular weight is 913 g/mol. The van der Waals surface area contributed by atoms with Crippen molar-refractivity contribution in [2.75, 3.05) is 55.5 Å². The standard InChI is InChI=1S/C44H44N14O3S3/c1-2-26-62-42-49-39(47-20-19-45)38-40(50-42)57(55-52-38)28-31-15-13-30(14-16-31)17-18-35(59)46-21-24-61-25-22-56-23-27-63-44(56)53-51-37-36(33-11-7-4-8-12-33)54-58(41(37)60)43-48-34(29-64-43)32-9-5-3-6-10-32/h3-16,23,27,29,44,53H,2,19-22,24-26,28,45H2,1H3,(H,46,59)(H,47,49,50)/b51-37+. The summed E-state index contributed by atoms with van der Waals surface area (Å²) in [7, 11) is 0. The molecular formula is C44H44N14O3S3. The van der Waals surface area contributed by atoms with Crippen LogP contribution in [0.2, 0.25) is 0 Å². The van der Waals surface area contributed by atoms with Gasteiger partial charge < -0.3 is 26.0 Å². The van der Waals surface area contributed by atoms with E-state index in [1.54, 1.807) is 16.4 Å². The fourth-order valence-electron chi connectivity index (χ4n) is 6.34. The van der Waals surface area contributed by atoms with Gasteiger partial charge in [0, 0.05) is 66.1 Å². The van der Waals surface area contributed by atoms with Crippen LogP contribution in [0.25, 0.3) is 22.4 Å². The Labute approximate surface area is 382 Å². The second-order valence-electron chi connectivity index (χ2n) is 14.1. The lowest BCUT2D eigenvalue weighted by Crippen LogP contribution is -2.39. The Bertz CT molecular complexity index is 2720. The van der Waals surface area contributed by atoms with Gasteiger partial charge in [0.05, 0.1) is 25.5 Å². The van der Waals surface area contributed by atoms with E-state index in [1.807, 2.05) is 107 Å². The Morgan fingerprint density at radius 3 is 2.56 bits per heavy atom. The van der Waals surface area contributed by atoms with Gasteiger partial charge in [0.2, 0.25) is 5.13 Å². The molecule has 20 heteroatoms. The molecule has 0 saturated heterocycles. The number of thioether (sulfide) groups is 2. The molecule has 17 nitrogen and oxygen atoms in total. The van der Waals surface area contributed by atoms with Gasteiger partial charge in [-0.25, -0.2) is 19.6 Å². The summed E-state index contributed by atoms with van der Waals surface area (Å²) in [6.07, 6.45) is 2.95. The summed E-state index contributed by atoms with van der Waals surface area (Å²) in [6, 6.07) is 26.9. The quantitative estimate of drug-likeness (QED) is 0.0279. The Balaban J connectivity index is 0.790. The maximum absolute atomic E-state index is 13.8. The highest BCUT2D eigenvalue weighted by Crippen LogP contribution is 2.31. The topological polar surface area (TPSA) is 206 Å². The van der Waals surface area contributed by atoms with E-state index in [0.29, 0.717) is 84.5 Å². The van der Waals surface area contributed by atoms with Crippen LogP contribution in [-0.2, 0) is 20.9 Å². The summed E-state index contributed by atoms with van der Waals surface area (Å²) in [4.78, 5) is 42.4. The van der Waals surface area contributed by atoms with Crippen molar-refractivity contribution in [2.24, 2.45) is 15.9 Å². The van der Waals surface area contributed by atoms with E-state index in [1.165, 1.54) is 28.1 Å². The largest absolute Gasteiger partial charge is 0.378 e. The third kappa shape index (κ3) is 10.9. The maximum Gasteiger partial charge on any atom is 0.303 e. The first-order valence-electron chi connectivity index (χ1n) is 20.5. The number of fused-ring (bicyclic) bond motifs is 1. The molecule has 0 fully saturated rings. The van der Waals surface area contributed by atoms with Gasteiger partial charge in [-0.15, -0.1) is 16.4 Å². The number of hydrogen-bond donors (Lipinski definition) is 4. The first kappa shape index (κ1) is 44.0. The number of benzene rings is 3. The highest BCUT2D eigenvalue weighted by atomic mass is 32.2. The smallest absolute Gasteiger partial charge is 0.303 e. The van der Waals surface area contributed by atoms with Crippen molar-refractivity contribution in [3.63, 3.8) is 0 Å². The summed E-state index contributed by atoms with van der Waals surface area (Å²) in [6.45, 7) is 5.14. The molecule has 5 N–H and O–H groups in total. The molecule has 1 unspecified atom stereocenters. The van der Waals surface area contributed by atoms with Gasteiger partial charge in [-0.05, 0) is 29.5 Å². The van der Waals surface area contributed by atoms with Crippen LogP contribution in [0.5, 0.6) is 0 Å². The Morgan fingerprint density at radius 1 is 0.984 bits per heavy atom. The van der Waals surface area contributed by atoms with Crippen molar-refractivity contribution < 1.29 is 14.3 Å². The molecule has 3 aromatic heterocycles. The van der Waals surface area contributed by atoms with E-state index in [9.17, 15) is 9.59 Å². The molecule has 0 bridgehead atoms. The van der Waals surface area contributed by atoms with Crippen LogP contribution in [0, 0.1) is 11.8 Å². The highest BCUT2D eigenvalue weighted by molar-refractivity contribution is 8.02. The fraction of sp³-hybridized carbons (Fsp3) is 0.250. The fourth-order valence-corrected chi connectivity index (χ4v) is 8.64. The molecule has 1 atom stereocenters. The van der Waals surface area contributed by atoms with Gasteiger partial charge in [-0.3, -0.25) is 15.0 Å². The molecule has 64 heavy (non-hydrogen) atoms. The number of amides is 2. The number of hydrazone groups is 2. The third-order valence-electron chi connectivity index (χ3n) is 9.50. The molecule has 0 spiro atoms. The molecule has 2 aliphatic rings. The van der Waals surface area contributed by atoms with E-state index in [2.05, 4.69) is 60.3 Å². The van der Waals surface area contributed by atoms with Crippen molar-refractivity contribution >= 4 is 80.2 Å². The summed E-state index contributed by atoms with van der Waals surface area (Å²) in [5.74, 6) is 6.33. The number of carbonyl (C=O) groups is 2. The van der Waals surface area contributed by atoms with Crippen LogP contribution >= 0.6 is 34.9 Å². The van der Waals surface area contributed by atoms with Gasteiger partial charge in [-0.1, -0.05) is 114 Å². The molecule has 0 aliphatic carbocycles. The Kier molecular flexibility index (Phi) is 14.9. The molecule has 326 valence electrons. The van der Waals surface area contributed by atoms with Crippen LogP contribution in [0.4, 0.5) is 10.9 Å². The summed E-state index contributed by atoms with van der Waals surface area (Å²) in [5, 5.41) is 30.3. The zero-order valence-electron chi connectivity index (χ0n) is 34.8. The van der Waals surface area contributed by atoms with E-state index in [4.69, 9.17) is 20.4 Å². The minimum Gasteiger partial charge on any atom is -0.378 e. The molecule has 3 aromatic carbocycles. The second kappa shape index (κ2) is 21.6. The third-order valence-corrected chi connectivity index (χ3v) is 12.3.